The molecule has 130 valence electrons. The molecule has 23 heavy (non-hydrogen) atoms. The Labute approximate surface area is 142 Å². The smallest absolute Gasteiger partial charge is 0.430 e. The van der Waals surface area contributed by atoms with Crippen LogP contribution in [0.15, 0.2) is 17.7 Å². The molecule has 1 atom stereocenters. The Kier molecular flexibility index (Phi) is 8.48. The van der Waals surface area contributed by atoms with E-state index in [9.17, 15) is 18.0 Å². The van der Waals surface area contributed by atoms with Gasteiger partial charge in [-0.1, -0.05) is 50.9 Å². The van der Waals surface area contributed by atoms with E-state index in [-0.39, 0.29) is 21.4 Å². The van der Waals surface area contributed by atoms with Crippen LogP contribution in [-0.4, -0.2) is 23.4 Å². The lowest BCUT2D eigenvalue weighted by Crippen LogP contribution is -2.40. The summed E-state index contributed by atoms with van der Waals surface area (Å²) in [6.07, 6.45) is -6.56. The van der Waals surface area contributed by atoms with Gasteiger partial charge >= 0.3 is 12.1 Å². The number of aliphatic carboxylic acids is 1. The zero-order valence-corrected chi connectivity index (χ0v) is 14.5. The van der Waals surface area contributed by atoms with Gasteiger partial charge in [-0.2, -0.15) is 13.2 Å². The van der Waals surface area contributed by atoms with Gasteiger partial charge in [-0.05, 0) is 18.2 Å². The number of carbonyl (C=O) groups is 1. The Balaban J connectivity index is 0.00000112. The molecule has 0 saturated carbocycles. The fourth-order valence-corrected chi connectivity index (χ4v) is 2.21. The molecule has 0 spiro atoms. The average Bonchev–Trinajstić information content (AvgIpc) is 2.49. The molecule has 3 nitrogen and oxygen atoms in total. The van der Waals surface area contributed by atoms with Crippen molar-refractivity contribution in [1.29, 1.82) is 0 Å². The first kappa shape index (κ1) is 21.6. The number of rotatable bonds is 1. The van der Waals surface area contributed by atoms with Gasteiger partial charge in [0, 0.05) is 10.6 Å². The van der Waals surface area contributed by atoms with Crippen LogP contribution in [0.5, 0.6) is 5.75 Å². The number of ether oxygens (including phenoxy) is 1. The predicted octanol–water partition coefficient (Wildman–Crippen LogP) is 5.84. The van der Waals surface area contributed by atoms with E-state index in [0.717, 1.165) is 6.08 Å². The van der Waals surface area contributed by atoms with Crippen molar-refractivity contribution in [1.82, 2.24) is 0 Å². The Hall–Kier alpha value is -1.40. The van der Waals surface area contributed by atoms with E-state index in [4.69, 9.17) is 33.0 Å². The number of carboxylic acid groups (broad SMARTS) is 1. The molecule has 0 amide bonds. The van der Waals surface area contributed by atoms with E-state index in [1.54, 1.807) is 0 Å². The lowest BCUT2D eigenvalue weighted by atomic mass is 10.0. The Morgan fingerprint density at radius 2 is 1.70 bits per heavy atom. The van der Waals surface area contributed by atoms with Gasteiger partial charge in [-0.25, -0.2) is 4.79 Å². The maximum atomic E-state index is 12.8. The van der Waals surface area contributed by atoms with Crippen molar-refractivity contribution in [2.75, 3.05) is 0 Å². The van der Waals surface area contributed by atoms with Gasteiger partial charge in [0.15, 0.2) is 0 Å². The third-order valence-corrected chi connectivity index (χ3v) is 2.91. The van der Waals surface area contributed by atoms with Crippen LogP contribution in [0.25, 0.3) is 6.08 Å². The minimum Gasteiger partial charge on any atom is -0.478 e. The van der Waals surface area contributed by atoms with Crippen LogP contribution in [0.2, 0.25) is 10.0 Å². The highest BCUT2D eigenvalue weighted by molar-refractivity contribution is 6.36. The molecular formula is C15H17Cl2F3O3. The normalized spacial score (nSPS) is 15.7. The lowest BCUT2D eigenvalue weighted by molar-refractivity contribution is -0.187. The van der Waals surface area contributed by atoms with Crippen molar-refractivity contribution < 1.29 is 27.8 Å². The Morgan fingerprint density at radius 3 is 2.13 bits per heavy atom. The van der Waals surface area contributed by atoms with Crippen molar-refractivity contribution in [3.05, 3.63) is 33.3 Å². The van der Waals surface area contributed by atoms with Crippen LogP contribution in [0.4, 0.5) is 13.2 Å². The molecule has 1 aromatic rings. The number of halogens is 5. The average molecular weight is 373 g/mol. The summed E-state index contributed by atoms with van der Waals surface area (Å²) in [4.78, 5) is 10.9. The second-order valence-corrected chi connectivity index (χ2v) is 4.59. The standard InChI is InChI=1S/C11H5Cl2F3O3.2C2H6/c12-5-1-4-2-6(10(17)18)9(11(14,15)16)19-8(4)7(13)3-5;2*1-2/h1-3,9H,(H,17,18);2*1-2H3. The molecule has 1 unspecified atom stereocenters. The monoisotopic (exact) mass is 372 g/mol. The van der Waals surface area contributed by atoms with E-state index in [0.29, 0.717) is 0 Å². The zero-order chi connectivity index (χ0) is 18.4. The summed E-state index contributed by atoms with van der Waals surface area (Å²) in [5, 5.41) is 8.87. The summed E-state index contributed by atoms with van der Waals surface area (Å²) >= 11 is 11.4. The molecule has 0 aliphatic carbocycles. The molecule has 0 fully saturated rings. The highest BCUT2D eigenvalue weighted by atomic mass is 35.5. The van der Waals surface area contributed by atoms with E-state index >= 15 is 0 Å². The van der Waals surface area contributed by atoms with Gasteiger partial charge in [-0.15, -0.1) is 0 Å². The van der Waals surface area contributed by atoms with Crippen molar-refractivity contribution in [3.8, 4) is 5.75 Å². The Morgan fingerprint density at radius 1 is 1.17 bits per heavy atom. The van der Waals surface area contributed by atoms with Crippen molar-refractivity contribution in [2.24, 2.45) is 0 Å². The van der Waals surface area contributed by atoms with Gasteiger partial charge in [0.05, 0.1) is 10.6 Å². The molecule has 1 N–H and O–H groups in total. The first-order valence-corrected chi connectivity index (χ1v) is 7.63. The van der Waals surface area contributed by atoms with E-state index < -0.39 is 23.8 Å². The summed E-state index contributed by atoms with van der Waals surface area (Å²) in [6.45, 7) is 8.00. The first-order chi connectivity index (χ1) is 10.7. The number of hydrogen-bond donors (Lipinski definition) is 1. The molecule has 8 heteroatoms. The molecule has 1 aliphatic rings. The quantitative estimate of drug-likeness (QED) is 0.673. The maximum absolute atomic E-state index is 12.8. The largest absolute Gasteiger partial charge is 0.478 e. The number of alkyl halides is 3. The lowest BCUT2D eigenvalue weighted by Gasteiger charge is -2.27. The zero-order valence-electron chi connectivity index (χ0n) is 13.0. The topological polar surface area (TPSA) is 46.5 Å². The second-order valence-electron chi connectivity index (χ2n) is 3.75. The van der Waals surface area contributed by atoms with E-state index in [1.165, 1.54) is 12.1 Å². The van der Waals surface area contributed by atoms with Crippen LogP contribution in [0, 0.1) is 0 Å². The molecular weight excluding hydrogens is 356 g/mol. The van der Waals surface area contributed by atoms with Gasteiger partial charge in [0.25, 0.3) is 0 Å². The fourth-order valence-electron chi connectivity index (χ4n) is 1.65. The molecule has 0 aromatic heterocycles. The summed E-state index contributed by atoms with van der Waals surface area (Å²) in [7, 11) is 0. The summed E-state index contributed by atoms with van der Waals surface area (Å²) in [6, 6.07) is 2.49. The minimum atomic E-state index is -4.86. The number of fused-ring (bicyclic) bond motifs is 1. The molecule has 1 heterocycles. The summed E-state index contributed by atoms with van der Waals surface area (Å²) in [5.74, 6) is -1.96. The van der Waals surface area contributed by atoms with Gasteiger partial charge in [0.2, 0.25) is 6.10 Å². The third-order valence-electron chi connectivity index (χ3n) is 2.41. The Bertz CT molecular complexity index is 584. The summed E-state index contributed by atoms with van der Waals surface area (Å²) in [5.41, 5.74) is -0.825. The molecule has 0 radical (unpaired) electrons. The van der Waals surface area contributed by atoms with Crippen LogP contribution >= 0.6 is 23.2 Å². The van der Waals surface area contributed by atoms with Gasteiger partial charge < -0.3 is 9.84 Å². The van der Waals surface area contributed by atoms with Crippen molar-refractivity contribution in [3.63, 3.8) is 0 Å². The number of hydrogen-bond acceptors (Lipinski definition) is 2. The van der Waals surface area contributed by atoms with Crippen LogP contribution in [0.1, 0.15) is 33.3 Å². The second kappa shape index (κ2) is 9.03. The predicted molar refractivity (Wildman–Crippen MR) is 85.2 cm³/mol. The van der Waals surface area contributed by atoms with E-state index in [2.05, 4.69) is 0 Å². The van der Waals surface area contributed by atoms with Crippen LogP contribution < -0.4 is 4.74 Å². The van der Waals surface area contributed by atoms with Gasteiger partial charge in [-0.3, -0.25) is 0 Å². The summed E-state index contributed by atoms with van der Waals surface area (Å²) < 4.78 is 43.0. The third kappa shape index (κ3) is 5.32. The fraction of sp³-hybridized carbons (Fsp3) is 0.400. The van der Waals surface area contributed by atoms with Crippen LogP contribution in [0.3, 0.4) is 0 Å². The molecule has 1 aliphatic heterocycles. The highest BCUT2D eigenvalue weighted by Gasteiger charge is 2.48. The number of benzene rings is 1. The molecule has 0 saturated heterocycles. The number of carboxylic acids is 1. The van der Waals surface area contributed by atoms with Gasteiger partial charge in [0.1, 0.15) is 5.75 Å². The van der Waals surface area contributed by atoms with E-state index in [1.807, 2.05) is 27.7 Å². The molecule has 0 bridgehead atoms. The first-order valence-electron chi connectivity index (χ1n) is 6.87. The molecule has 2 rings (SSSR count). The maximum Gasteiger partial charge on any atom is 0.430 e. The van der Waals surface area contributed by atoms with Crippen molar-refractivity contribution in [2.45, 2.75) is 40.0 Å². The SMILES string of the molecule is CC.CC.O=C(O)C1=Cc2cc(Cl)cc(Cl)c2OC1C(F)(F)F. The van der Waals surface area contributed by atoms with Crippen molar-refractivity contribution >= 4 is 35.2 Å². The minimum absolute atomic E-state index is 0.0930. The highest BCUT2D eigenvalue weighted by Crippen LogP contribution is 2.42. The molecule has 1 aromatic carbocycles. The van der Waals surface area contributed by atoms with Crippen LogP contribution in [-0.2, 0) is 4.79 Å².